The summed E-state index contributed by atoms with van der Waals surface area (Å²) in [5.74, 6) is -2.35. The lowest BCUT2D eigenvalue weighted by Crippen LogP contribution is -2.60. The van der Waals surface area contributed by atoms with Gasteiger partial charge in [-0.2, -0.15) is 0 Å². The van der Waals surface area contributed by atoms with Gasteiger partial charge in [0.2, 0.25) is 29.5 Å². The Hall–Kier alpha value is -3.08. The highest BCUT2D eigenvalue weighted by atomic mass is 32.2. The van der Waals surface area contributed by atoms with Crippen molar-refractivity contribution in [3.05, 3.63) is 30.3 Å². The molecule has 1 aromatic rings. The number of thioether (sulfide) groups is 1. The molecule has 2 saturated heterocycles. The van der Waals surface area contributed by atoms with E-state index in [1.54, 1.807) is 16.7 Å². The van der Waals surface area contributed by atoms with E-state index < -0.39 is 41.3 Å². The summed E-state index contributed by atoms with van der Waals surface area (Å²) in [6, 6.07) is 7.31. The van der Waals surface area contributed by atoms with Gasteiger partial charge >= 0.3 is 0 Å². The van der Waals surface area contributed by atoms with Crippen LogP contribution in [0.15, 0.2) is 35.2 Å². The van der Waals surface area contributed by atoms with Crippen molar-refractivity contribution in [3.63, 3.8) is 0 Å². The minimum absolute atomic E-state index is 0.0786. The molecule has 5 rings (SSSR count). The SMILES string of the molecule is CC(C)(C)[C@H](NC(=O)[C@@H]1CC1(C)Sc1ccccc1)C(=O)N1C[C@H]2[C@@H]([C@H]1C(=O)N[C@@H](C[C@@H]1CCNC1=O)C(N)=O)C2(C)C. The highest BCUT2D eigenvalue weighted by Gasteiger charge is 2.70. The maximum atomic E-state index is 14.2. The number of carbonyl (C=O) groups excluding carboxylic acids is 5. The van der Waals surface area contributed by atoms with E-state index in [-0.39, 0.29) is 52.1 Å². The molecule has 43 heavy (non-hydrogen) atoms. The van der Waals surface area contributed by atoms with Crippen LogP contribution in [0.5, 0.6) is 0 Å². The van der Waals surface area contributed by atoms with Gasteiger partial charge in [0.15, 0.2) is 0 Å². The second-order valence-electron chi connectivity index (χ2n) is 14.7. The van der Waals surface area contributed by atoms with E-state index in [0.717, 1.165) is 4.90 Å². The van der Waals surface area contributed by atoms with Crippen molar-refractivity contribution in [2.75, 3.05) is 13.1 Å². The fraction of sp³-hybridized carbons (Fsp3) is 0.656. The molecule has 4 aliphatic rings. The number of piperidine rings is 1. The first-order valence-electron chi connectivity index (χ1n) is 15.3. The molecule has 10 nitrogen and oxygen atoms in total. The summed E-state index contributed by atoms with van der Waals surface area (Å²) >= 11 is 1.67. The maximum Gasteiger partial charge on any atom is 0.246 e. The zero-order valence-electron chi connectivity index (χ0n) is 25.9. The minimum atomic E-state index is -1.02. The topological polar surface area (TPSA) is 151 Å². The van der Waals surface area contributed by atoms with E-state index >= 15 is 0 Å². The van der Waals surface area contributed by atoms with Gasteiger partial charge in [0, 0.05) is 28.6 Å². The second-order valence-corrected chi connectivity index (χ2v) is 16.3. The molecule has 234 valence electrons. The van der Waals surface area contributed by atoms with Gasteiger partial charge in [0.05, 0.1) is 5.92 Å². The summed E-state index contributed by atoms with van der Waals surface area (Å²) in [6.45, 7) is 12.9. The summed E-state index contributed by atoms with van der Waals surface area (Å²) in [6.07, 6.45) is 1.40. The Morgan fingerprint density at radius 3 is 2.35 bits per heavy atom. The van der Waals surface area contributed by atoms with Crippen LogP contribution in [0.25, 0.3) is 0 Å². The largest absolute Gasteiger partial charge is 0.368 e. The first kappa shape index (κ1) is 31.3. The normalized spacial score (nSPS) is 31.8. The Bertz CT molecular complexity index is 1310. The van der Waals surface area contributed by atoms with E-state index in [1.807, 2.05) is 51.1 Å². The number of nitrogens with zero attached hydrogens (tertiary/aromatic N) is 1. The average Bonchev–Trinajstić information content (AvgIpc) is 3.50. The molecule has 8 atom stereocenters. The number of hydrogen-bond acceptors (Lipinski definition) is 6. The number of nitrogens with two attached hydrogens (primary N) is 1. The van der Waals surface area contributed by atoms with Crippen LogP contribution in [0.1, 0.15) is 60.8 Å². The predicted octanol–water partition coefficient (Wildman–Crippen LogP) is 2.07. The van der Waals surface area contributed by atoms with Crippen LogP contribution in [0.2, 0.25) is 0 Å². The lowest BCUT2D eigenvalue weighted by molar-refractivity contribution is -0.146. The van der Waals surface area contributed by atoms with Gasteiger partial charge in [-0.3, -0.25) is 24.0 Å². The smallest absolute Gasteiger partial charge is 0.246 e. The zero-order valence-corrected chi connectivity index (χ0v) is 26.8. The van der Waals surface area contributed by atoms with Crippen molar-refractivity contribution in [2.45, 2.75) is 88.6 Å². The number of likely N-dealkylation sites (tertiary alicyclic amines) is 1. The van der Waals surface area contributed by atoms with Crippen molar-refractivity contribution < 1.29 is 24.0 Å². The van der Waals surface area contributed by atoms with Crippen LogP contribution in [-0.4, -0.2) is 70.4 Å². The summed E-state index contributed by atoms with van der Waals surface area (Å²) in [5, 5.41) is 8.60. The number of nitrogens with one attached hydrogen (secondary N) is 3. The molecule has 0 aromatic heterocycles. The van der Waals surface area contributed by atoms with Gasteiger partial charge in [0.1, 0.15) is 18.1 Å². The number of hydrogen-bond donors (Lipinski definition) is 4. The molecule has 2 aliphatic carbocycles. The second kappa shape index (κ2) is 11.1. The molecule has 0 bridgehead atoms. The Labute approximate surface area is 258 Å². The molecule has 5 N–H and O–H groups in total. The third-order valence-electron chi connectivity index (χ3n) is 10.1. The molecular formula is C32H45N5O5S. The fourth-order valence-electron chi connectivity index (χ4n) is 7.12. The molecule has 0 radical (unpaired) electrons. The summed E-state index contributed by atoms with van der Waals surface area (Å²) < 4.78 is -0.251. The molecular weight excluding hydrogens is 566 g/mol. The van der Waals surface area contributed by atoms with Crippen molar-refractivity contribution in [1.82, 2.24) is 20.9 Å². The van der Waals surface area contributed by atoms with Gasteiger partial charge in [-0.1, -0.05) is 52.8 Å². The number of amides is 5. The van der Waals surface area contributed by atoms with E-state index in [9.17, 15) is 24.0 Å². The molecule has 1 aromatic carbocycles. The number of rotatable bonds is 10. The number of benzene rings is 1. The zero-order chi connectivity index (χ0) is 31.5. The van der Waals surface area contributed by atoms with Crippen molar-refractivity contribution in [3.8, 4) is 0 Å². The summed E-state index contributed by atoms with van der Waals surface area (Å²) in [4.78, 5) is 68.7. The monoisotopic (exact) mass is 611 g/mol. The van der Waals surface area contributed by atoms with E-state index in [0.29, 0.717) is 25.9 Å². The van der Waals surface area contributed by atoms with Crippen molar-refractivity contribution in [1.29, 1.82) is 0 Å². The van der Waals surface area contributed by atoms with Gasteiger partial charge in [-0.25, -0.2) is 0 Å². The van der Waals surface area contributed by atoms with Crippen molar-refractivity contribution >= 4 is 41.3 Å². The molecule has 11 heteroatoms. The van der Waals surface area contributed by atoms with Gasteiger partial charge in [-0.05, 0) is 61.0 Å². The molecule has 5 amide bonds. The van der Waals surface area contributed by atoms with E-state index in [2.05, 4.69) is 36.7 Å². The molecule has 0 spiro atoms. The fourth-order valence-corrected chi connectivity index (χ4v) is 8.45. The van der Waals surface area contributed by atoms with Crippen LogP contribution in [0.3, 0.4) is 0 Å². The maximum absolute atomic E-state index is 14.2. The first-order valence-corrected chi connectivity index (χ1v) is 16.1. The van der Waals surface area contributed by atoms with Crippen LogP contribution < -0.4 is 21.7 Å². The summed E-state index contributed by atoms with van der Waals surface area (Å²) in [5.41, 5.74) is 4.90. The Kier molecular flexibility index (Phi) is 8.11. The highest BCUT2D eigenvalue weighted by molar-refractivity contribution is 8.01. The molecule has 2 aliphatic heterocycles. The van der Waals surface area contributed by atoms with Gasteiger partial charge in [-0.15, -0.1) is 11.8 Å². The predicted molar refractivity (Wildman–Crippen MR) is 163 cm³/mol. The number of fused-ring (bicyclic) bond motifs is 1. The third kappa shape index (κ3) is 6.14. The molecule has 2 saturated carbocycles. The average molecular weight is 612 g/mol. The Balaban J connectivity index is 1.30. The highest BCUT2D eigenvalue weighted by Crippen LogP contribution is 2.65. The first-order chi connectivity index (χ1) is 20.0. The molecule has 4 fully saturated rings. The van der Waals surface area contributed by atoms with Crippen molar-refractivity contribution in [2.24, 2.45) is 40.2 Å². The van der Waals surface area contributed by atoms with Crippen LogP contribution in [0, 0.1) is 34.5 Å². The van der Waals surface area contributed by atoms with Crippen LogP contribution in [0.4, 0.5) is 0 Å². The van der Waals surface area contributed by atoms with Gasteiger partial charge in [0.25, 0.3) is 0 Å². The van der Waals surface area contributed by atoms with Crippen LogP contribution >= 0.6 is 11.8 Å². The minimum Gasteiger partial charge on any atom is -0.368 e. The van der Waals surface area contributed by atoms with E-state index in [4.69, 9.17) is 5.73 Å². The molecule has 2 heterocycles. The lowest BCUT2D eigenvalue weighted by Gasteiger charge is -2.38. The number of primary amides is 1. The number of carbonyl (C=O) groups is 5. The molecule has 1 unspecified atom stereocenters. The quantitative estimate of drug-likeness (QED) is 0.318. The third-order valence-corrected chi connectivity index (χ3v) is 11.5. The van der Waals surface area contributed by atoms with Gasteiger partial charge < -0.3 is 26.6 Å². The standard InChI is InChI=1S/C32H45N5O5S/c1-30(2,3)24(36-27(40)19-15-32(19,6)43-18-10-8-7-9-11-18)29(42)37-16-20-22(31(20,4)5)23(37)28(41)35-21(25(33)38)14-17-12-13-34-26(17)39/h7-11,17,19-24H,12-16H2,1-6H3,(H2,33,38)(H,34,39)(H,35,41)(H,36,40)/t17-,19-,20-,21-,22-,23-,24+,32?/m0/s1. The summed E-state index contributed by atoms with van der Waals surface area (Å²) in [7, 11) is 0. The lowest BCUT2D eigenvalue weighted by atomic mass is 9.85. The Morgan fingerprint density at radius 1 is 1.09 bits per heavy atom. The van der Waals surface area contributed by atoms with Crippen LogP contribution in [-0.2, 0) is 24.0 Å². The van der Waals surface area contributed by atoms with E-state index in [1.165, 1.54) is 0 Å². The Morgan fingerprint density at radius 2 is 1.77 bits per heavy atom.